The molecule has 0 aliphatic carbocycles. The van der Waals surface area contributed by atoms with E-state index in [9.17, 15) is 9.59 Å². The molecule has 2 atom stereocenters. The summed E-state index contributed by atoms with van der Waals surface area (Å²) in [6.45, 7) is 1.22. The summed E-state index contributed by atoms with van der Waals surface area (Å²) < 4.78 is 4.80. The number of aliphatic hydroxyl groups excluding tert-OH is 1. The van der Waals surface area contributed by atoms with E-state index in [4.69, 9.17) is 9.84 Å². The van der Waals surface area contributed by atoms with Crippen LogP contribution in [0.4, 0.5) is 0 Å². The van der Waals surface area contributed by atoms with Gasteiger partial charge in [-0.25, -0.2) is 4.79 Å². The lowest BCUT2D eigenvalue weighted by atomic mass is 10.3. The fraction of sp³-hybridized carbons (Fsp3) is 0.714. The highest BCUT2D eigenvalue weighted by atomic mass is 16.5. The molecule has 0 spiro atoms. The first kappa shape index (κ1) is 8.99. The molecule has 12 heavy (non-hydrogen) atoms. The second-order valence-corrected chi connectivity index (χ2v) is 2.75. The first-order valence-corrected chi connectivity index (χ1v) is 3.74. The van der Waals surface area contributed by atoms with Gasteiger partial charge in [-0.15, -0.1) is 0 Å². The number of hydrogen-bond donors (Lipinski definition) is 2. The van der Waals surface area contributed by atoms with E-state index in [-0.39, 0.29) is 12.3 Å². The van der Waals surface area contributed by atoms with Crippen LogP contribution in [-0.2, 0) is 14.3 Å². The summed E-state index contributed by atoms with van der Waals surface area (Å²) in [5, 5.41) is 11.0. The van der Waals surface area contributed by atoms with Crippen molar-refractivity contribution >= 4 is 11.9 Å². The first-order chi connectivity index (χ1) is 5.63. The maximum Gasteiger partial charge on any atom is 0.331 e. The Labute approximate surface area is 69.7 Å². The summed E-state index contributed by atoms with van der Waals surface area (Å²) in [6, 6.07) is -0.901. The molecule has 0 aromatic rings. The monoisotopic (exact) mass is 173 g/mol. The summed E-state index contributed by atoms with van der Waals surface area (Å²) in [5.41, 5.74) is 0. The predicted molar refractivity (Wildman–Crippen MR) is 39.2 cm³/mol. The number of carbonyl (C=O) groups excluding carboxylic acids is 2. The quantitative estimate of drug-likeness (QED) is 0.488. The lowest BCUT2D eigenvalue weighted by Crippen LogP contribution is -2.41. The molecule has 1 aliphatic rings. The lowest BCUT2D eigenvalue weighted by molar-refractivity contribution is -0.150. The van der Waals surface area contributed by atoms with Crippen LogP contribution >= 0.6 is 0 Å². The molecule has 5 heteroatoms. The van der Waals surface area contributed by atoms with Crippen LogP contribution < -0.4 is 5.32 Å². The third-order valence-corrected chi connectivity index (χ3v) is 1.59. The molecule has 68 valence electrons. The second-order valence-electron chi connectivity index (χ2n) is 2.75. The van der Waals surface area contributed by atoms with Gasteiger partial charge in [0.15, 0.2) is 6.04 Å². The van der Waals surface area contributed by atoms with Crippen LogP contribution in [0.1, 0.15) is 13.3 Å². The van der Waals surface area contributed by atoms with Crippen LogP contribution in [0.3, 0.4) is 0 Å². The van der Waals surface area contributed by atoms with Crippen LogP contribution in [0, 0.1) is 0 Å². The number of nitrogens with one attached hydrogen (secondary N) is 1. The lowest BCUT2D eigenvalue weighted by Gasteiger charge is -2.10. The zero-order chi connectivity index (χ0) is 9.14. The minimum Gasteiger partial charge on any atom is -0.461 e. The maximum absolute atomic E-state index is 11.0. The average Bonchev–Trinajstić information content (AvgIpc) is 2.09. The number of cyclic esters (lactones) is 1. The Hall–Kier alpha value is -1.10. The summed E-state index contributed by atoms with van der Waals surface area (Å²) in [4.78, 5) is 22.0. The standard InChI is InChI=1S/C7H11NO4/c1-4-2-6(10)8-5(3-9)7(11)12-4/h4-5,9H,2-3H2,1H3,(H,8,10). The molecule has 1 amide bonds. The van der Waals surface area contributed by atoms with E-state index in [2.05, 4.69) is 5.32 Å². The van der Waals surface area contributed by atoms with Gasteiger partial charge in [-0.3, -0.25) is 4.79 Å². The molecule has 2 N–H and O–H groups in total. The Kier molecular flexibility index (Phi) is 2.65. The van der Waals surface area contributed by atoms with Gasteiger partial charge >= 0.3 is 5.97 Å². The summed E-state index contributed by atoms with van der Waals surface area (Å²) in [6.07, 6.45) is -0.253. The Morgan fingerprint density at radius 1 is 1.67 bits per heavy atom. The number of amides is 1. The number of ether oxygens (including phenoxy) is 1. The molecule has 0 aromatic heterocycles. The van der Waals surface area contributed by atoms with Gasteiger partial charge in [0.2, 0.25) is 5.91 Å². The smallest absolute Gasteiger partial charge is 0.331 e. The minimum absolute atomic E-state index is 0.155. The normalized spacial score (nSPS) is 30.5. The summed E-state index contributed by atoms with van der Waals surface area (Å²) >= 11 is 0. The van der Waals surface area contributed by atoms with E-state index in [0.717, 1.165) is 0 Å². The van der Waals surface area contributed by atoms with Gasteiger partial charge in [0.05, 0.1) is 13.0 Å². The van der Waals surface area contributed by atoms with Crippen LogP contribution in [-0.4, -0.2) is 35.7 Å². The number of rotatable bonds is 1. The minimum atomic E-state index is -0.901. The van der Waals surface area contributed by atoms with Crippen molar-refractivity contribution in [1.82, 2.24) is 5.32 Å². The van der Waals surface area contributed by atoms with Gasteiger partial charge < -0.3 is 15.2 Å². The highest BCUT2D eigenvalue weighted by Crippen LogP contribution is 2.05. The van der Waals surface area contributed by atoms with Gasteiger partial charge in [-0.2, -0.15) is 0 Å². The zero-order valence-corrected chi connectivity index (χ0v) is 6.74. The van der Waals surface area contributed by atoms with Gasteiger partial charge in [0.25, 0.3) is 0 Å². The number of hydrogen-bond acceptors (Lipinski definition) is 4. The maximum atomic E-state index is 11.0. The fourth-order valence-electron chi connectivity index (χ4n) is 1.02. The van der Waals surface area contributed by atoms with E-state index in [1.165, 1.54) is 0 Å². The highest BCUT2D eigenvalue weighted by molar-refractivity contribution is 5.86. The third kappa shape index (κ3) is 1.94. The molecule has 0 radical (unpaired) electrons. The van der Waals surface area contributed by atoms with Gasteiger partial charge in [0.1, 0.15) is 6.10 Å². The van der Waals surface area contributed by atoms with Crippen molar-refractivity contribution in [3.05, 3.63) is 0 Å². The van der Waals surface area contributed by atoms with Crippen molar-refractivity contribution in [2.24, 2.45) is 0 Å². The predicted octanol–water partition coefficient (Wildman–Crippen LogP) is -1.20. The molecule has 1 aliphatic heterocycles. The summed E-state index contributed by atoms with van der Waals surface area (Å²) in [5.74, 6) is -0.844. The van der Waals surface area contributed by atoms with Gasteiger partial charge in [0, 0.05) is 0 Å². The van der Waals surface area contributed by atoms with E-state index in [0.29, 0.717) is 0 Å². The molecule has 0 aromatic carbocycles. The largest absolute Gasteiger partial charge is 0.461 e. The van der Waals surface area contributed by atoms with Crippen molar-refractivity contribution in [2.45, 2.75) is 25.5 Å². The Morgan fingerprint density at radius 3 is 2.92 bits per heavy atom. The van der Waals surface area contributed by atoms with Crippen LogP contribution in [0.5, 0.6) is 0 Å². The molecule has 1 rings (SSSR count). The third-order valence-electron chi connectivity index (χ3n) is 1.59. The molecule has 0 saturated carbocycles. The molecule has 1 saturated heterocycles. The van der Waals surface area contributed by atoms with Crippen molar-refractivity contribution in [2.75, 3.05) is 6.61 Å². The molecule has 5 nitrogen and oxygen atoms in total. The number of esters is 1. The molecule has 1 heterocycles. The van der Waals surface area contributed by atoms with E-state index >= 15 is 0 Å². The van der Waals surface area contributed by atoms with Crippen molar-refractivity contribution in [1.29, 1.82) is 0 Å². The number of aliphatic hydroxyl groups is 1. The van der Waals surface area contributed by atoms with E-state index in [1.807, 2.05) is 0 Å². The topological polar surface area (TPSA) is 75.6 Å². The Balaban J connectivity index is 2.67. The Morgan fingerprint density at radius 2 is 2.33 bits per heavy atom. The van der Waals surface area contributed by atoms with Crippen molar-refractivity contribution < 1.29 is 19.4 Å². The van der Waals surface area contributed by atoms with Gasteiger partial charge in [-0.05, 0) is 6.92 Å². The molecular formula is C7H11NO4. The molecule has 1 fully saturated rings. The first-order valence-electron chi connectivity index (χ1n) is 3.74. The summed E-state index contributed by atoms with van der Waals surface area (Å²) in [7, 11) is 0. The fourth-order valence-corrected chi connectivity index (χ4v) is 1.02. The Bertz CT molecular complexity index is 204. The average molecular weight is 173 g/mol. The van der Waals surface area contributed by atoms with Crippen LogP contribution in [0.15, 0.2) is 0 Å². The molecular weight excluding hydrogens is 162 g/mol. The van der Waals surface area contributed by atoms with E-state index < -0.39 is 24.7 Å². The van der Waals surface area contributed by atoms with Crippen molar-refractivity contribution in [3.8, 4) is 0 Å². The zero-order valence-electron chi connectivity index (χ0n) is 6.74. The highest BCUT2D eigenvalue weighted by Gasteiger charge is 2.28. The SMILES string of the molecule is CC1CC(=O)NC(CO)C(=O)O1. The van der Waals surface area contributed by atoms with E-state index in [1.54, 1.807) is 6.92 Å². The second kappa shape index (κ2) is 3.53. The number of carbonyl (C=O) groups is 2. The van der Waals surface area contributed by atoms with Crippen LogP contribution in [0.25, 0.3) is 0 Å². The van der Waals surface area contributed by atoms with Crippen molar-refractivity contribution in [3.63, 3.8) is 0 Å². The van der Waals surface area contributed by atoms with Gasteiger partial charge in [-0.1, -0.05) is 0 Å². The molecule has 2 unspecified atom stereocenters. The molecule has 0 bridgehead atoms. The van der Waals surface area contributed by atoms with Crippen LogP contribution in [0.2, 0.25) is 0 Å².